The Balaban J connectivity index is 1.39. The molecule has 0 N–H and O–H groups in total. The van der Waals surface area contributed by atoms with Crippen molar-refractivity contribution >= 4 is 0 Å². The van der Waals surface area contributed by atoms with Crippen LogP contribution in [-0.4, -0.2) is 57.7 Å². The van der Waals surface area contributed by atoms with Crippen LogP contribution in [0.5, 0.6) is 0 Å². The van der Waals surface area contributed by atoms with Crippen LogP contribution in [0.15, 0.2) is 29.2 Å². The van der Waals surface area contributed by atoms with Crippen molar-refractivity contribution in [1.29, 1.82) is 0 Å². The van der Waals surface area contributed by atoms with E-state index in [2.05, 4.69) is 34.0 Å². The second kappa shape index (κ2) is 7.27. The van der Waals surface area contributed by atoms with Crippen LogP contribution in [0.1, 0.15) is 31.3 Å². The van der Waals surface area contributed by atoms with Crippen molar-refractivity contribution in [1.82, 2.24) is 19.7 Å². The first-order valence-electron chi connectivity index (χ1n) is 9.13. The number of furan rings is 1. The first-order valence-corrected chi connectivity index (χ1v) is 9.13. The smallest absolute Gasteiger partial charge is 0.137 e. The molecule has 2 saturated heterocycles. The molecule has 4 heterocycles. The zero-order valence-corrected chi connectivity index (χ0v) is 14.8. The van der Waals surface area contributed by atoms with Gasteiger partial charge in [0.05, 0.1) is 32.4 Å². The molecule has 2 unspecified atom stereocenters. The average Bonchev–Trinajstić information content (AvgIpc) is 3.32. The molecule has 0 radical (unpaired) electrons. The molecule has 2 aromatic heterocycles. The summed E-state index contributed by atoms with van der Waals surface area (Å²) in [5, 5.41) is 4.18. The number of aryl methyl sites for hydroxylation is 1. The van der Waals surface area contributed by atoms with E-state index in [9.17, 15) is 0 Å². The minimum absolute atomic E-state index is 0.167. The Morgan fingerprint density at radius 1 is 1.32 bits per heavy atom. The maximum Gasteiger partial charge on any atom is 0.137 e. The molecule has 2 aliphatic heterocycles. The van der Waals surface area contributed by atoms with Gasteiger partial charge in [0.25, 0.3) is 0 Å². The molecule has 0 bridgehead atoms. The van der Waals surface area contributed by atoms with E-state index in [0.717, 1.165) is 63.6 Å². The SMILES string of the molecule is CCc1ccc(CN2CCOCC3(CCC(Cn4cncn4)O3)C2)o1. The molecule has 4 rings (SSSR count). The number of ether oxygens (including phenoxy) is 2. The standard InChI is InChI=1S/C18H26N4O3/c1-2-15-3-4-16(24-15)9-21-7-8-23-12-18(11-21)6-5-17(25-18)10-22-14-19-13-20-22/h3-4,13-14,17H,2,5-12H2,1H3. The summed E-state index contributed by atoms with van der Waals surface area (Å²) in [5.41, 5.74) is -0.220. The van der Waals surface area contributed by atoms with Gasteiger partial charge in [0.1, 0.15) is 29.8 Å². The third kappa shape index (κ3) is 3.94. The molecular formula is C18H26N4O3. The molecule has 25 heavy (non-hydrogen) atoms. The maximum absolute atomic E-state index is 6.45. The quantitative estimate of drug-likeness (QED) is 0.824. The monoisotopic (exact) mass is 346 g/mol. The molecule has 2 aliphatic rings. The molecule has 2 atom stereocenters. The fourth-order valence-corrected chi connectivity index (χ4v) is 3.82. The molecule has 0 saturated carbocycles. The Hall–Kier alpha value is -1.70. The Morgan fingerprint density at radius 3 is 3.04 bits per heavy atom. The minimum atomic E-state index is -0.220. The zero-order valence-electron chi connectivity index (χ0n) is 14.8. The fraction of sp³-hybridized carbons (Fsp3) is 0.667. The summed E-state index contributed by atoms with van der Waals surface area (Å²) in [5.74, 6) is 2.06. The molecule has 0 aromatic carbocycles. The third-order valence-electron chi connectivity index (χ3n) is 5.07. The van der Waals surface area contributed by atoms with Gasteiger partial charge in [0.2, 0.25) is 0 Å². The van der Waals surface area contributed by atoms with Crippen molar-refractivity contribution in [2.75, 3.05) is 26.3 Å². The van der Waals surface area contributed by atoms with E-state index in [1.807, 2.05) is 4.68 Å². The van der Waals surface area contributed by atoms with E-state index in [-0.39, 0.29) is 11.7 Å². The molecule has 1 spiro atoms. The maximum atomic E-state index is 6.45. The highest BCUT2D eigenvalue weighted by atomic mass is 16.6. The van der Waals surface area contributed by atoms with E-state index in [0.29, 0.717) is 6.61 Å². The van der Waals surface area contributed by atoms with E-state index >= 15 is 0 Å². The molecular weight excluding hydrogens is 320 g/mol. The van der Waals surface area contributed by atoms with Gasteiger partial charge in [0, 0.05) is 19.5 Å². The number of hydrogen-bond acceptors (Lipinski definition) is 6. The van der Waals surface area contributed by atoms with Crippen molar-refractivity contribution in [3.8, 4) is 0 Å². The lowest BCUT2D eigenvalue weighted by Gasteiger charge is -2.31. The normalized spacial score (nSPS) is 27.8. The summed E-state index contributed by atoms with van der Waals surface area (Å²) in [7, 11) is 0. The van der Waals surface area contributed by atoms with E-state index in [4.69, 9.17) is 13.9 Å². The molecule has 136 valence electrons. The second-order valence-electron chi connectivity index (χ2n) is 7.06. The lowest BCUT2D eigenvalue weighted by atomic mass is 10.00. The summed E-state index contributed by atoms with van der Waals surface area (Å²) < 4.78 is 20.0. The number of aromatic nitrogens is 3. The summed E-state index contributed by atoms with van der Waals surface area (Å²) >= 11 is 0. The molecule has 2 fully saturated rings. The van der Waals surface area contributed by atoms with Crippen molar-refractivity contribution < 1.29 is 13.9 Å². The summed E-state index contributed by atoms with van der Waals surface area (Å²) in [6.45, 7) is 6.85. The van der Waals surface area contributed by atoms with Crippen molar-refractivity contribution in [3.63, 3.8) is 0 Å². The summed E-state index contributed by atoms with van der Waals surface area (Å²) in [6, 6.07) is 4.15. The predicted octanol–water partition coefficient (Wildman–Crippen LogP) is 1.88. The molecule has 0 amide bonds. The summed E-state index contributed by atoms with van der Waals surface area (Å²) in [6.07, 6.45) is 6.45. The van der Waals surface area contributed by atoms with Gasteiger partial charge in [0.15, 0.2) is 0 Å². The van der Waals surface area contributed by atoms with Crippen LogP contribution >= 0.6 is 0 Å². The van der Waals surface area contributed by atoms with Crippen LogP contribution in [-0.2, 0) is 29.0 Å². The first kappa shape index (κ1) is 16.8. The van der Waals surface area contributed by atoms with Gasteiger partial charge in [-0.1, -0.05) is 6.92 Å². The van der Waals surface area contributed by atoms with Gasteiger partial charge in [-0.05, 0) is 25.0 Å². The Kier molecular flexibility index (Phi) is 4.87. The van der Waals surface area contributed by atoms with Crippen LogP contribution in [0.4, 0.5) is 0 Å². The first-order chi connectivity index (χ1) is 12.2. The average molecular weight is 346 g/mol. The largest absolute Gasteiger partial charge is 0.465 e. The van der Waals surface area contributed by atoms with Crippen molar-refractivity contribution in [2.24, 2.45) is 0 Å². The van der Waals surface area contributed by atoms with Crippen LogP contribution < -0.4 is 0 Å². The highest BCUT2D eigenvalue weighted by Gasteiger charge is 2.43. The predicted molar refractivity (Wildman–Crippen MR) is 91.0 cm³/mol. The van der Waals surface area contributed by atoms with Crippen LogP contribution in [0, 0.1) is 0 Å². The topological polar surface area (TPSA) is 65.5 Å². The van der Waals surface area contributed by atoms with E-state index in [1.165, 1.54) is 0 Å². The Morgan fingerprint density at radius 2 is 2.24 bits per heavy atom. The number of hydrogen-bond donors (Lipinski definition) is 0. The van der Waals surface area contributed by atoms with Gasteiger partial charge in [-0.3, -0.25) is 9.58 Å². The second-order valence-corrected chi connectivity index (χ2v) is 7.06. The van der Waals surface area contributed by atoms with Crippen LogP contribution in [0.3, 0.4) is 0 Å². The van der Waals surface area contributed by atoms with Gasteiger partial charge in [-0.15, -0.1) is 0 Å². The van der Waals surface area contributed by atoms with Gasteiger partial charge in [-0.25, -0.2) is 4.98 Å². The fourth-order valence-electron chi connectivity index (χ4n) is 3.82. The summed E-state index contributed by atoms with van der Waals surface area (Å²) in [4.78, 5) is 6.40. The van der Waals surface area contributed by atoms with Crippen molar-refractivity contribution in [3.05, 3.63) is 36.3 Å². The number of nitrogens with zero attached hydrogens (tertiary/aromatic N) is 4. The lowest BCUT2D eigenvalue weighted by Crippen LogP contribution is -2.44. The van der Waals surface area contributed by atoms with Crippen LogP contribution in [0.25, 0.3) is 0 Å². The van der Waals surface area contributed by atoms with Gasteiger partial charge >= 0.3 is 0 Å². The Labute approximate surface area is 147 Å². The van der Waals surface area contributed by atoms with Crippen LogP contribution in [0.2, 0.25) is 0 Å². The molecule has 0 aliphatic carbocycles. The zero-order chi connectivity index (χ0) is 17.1. The molecule has 7 heteroatoms. The lowest BCUT2D eigenvalue weighted by molar-refractivity contribution is -0.0907. The van der Waals surface area contributed by atoms with Crippen molar-refractivity contribution in [2.45, 2.75) is 51.0 Å². The minimum Gasteiger partial charge on any atom is -0.465 e. The molecule has 7 nitrogen and oxygen atoms in total. The van der Waals surface area contributed by atoms with Gasteiger partial charge < -0.3 is 13.9 Å². The third-order valence-corrected chi connectivity index (χ3v) is 5.07. The van der Waals surface area contributed by atoms with Gasteiger partial charge in [-0.2, -0.15) is 5.10 Å². The highest BCUT2D eigenvalue weighted by Crippen LogP contribution is 2.34. The highest BCUT2D eigenvalue weighted by molar-refractivity contribution is 5.07. The molecule has 2 aromatic rings. The Bertz CT molecular complexity index is 672. The van der Waals surface area contributed by atoms with E-state index in [1.54, 1.807) is 12.7 Å². The van der Waals surface area contributed by atoms with E-state index < -0.39 is 0 Å². The number of rotatable bonds is 5.